The molecule has 0 amide bonds. The molecule has 0 atom stereocenters. The maximum atomic E-state index is 11.9. The molecule has 26 heavy (non-hydrogen) atoms. The first-order chi connectivity index (χ1) is 12.4. The number of benzene rings is 2. The van der Waals surface area contributed by atoms with E-state index in [2.05, 4.69) is 20.6 Å². The average molecular weight is 394 g/mol. The third-order valence-electron chi connectivity index (χ3n) is 4.09. The average Bonchev–Trinajstić information content (AvgIpc) is 2.60. The van der Waals surface area contributed by atoms with Crippen molar-refractivity contribution in [3.8, 4) is 0 Å². The summed E-state index contributed by atoms with van der Waals surface area (Å²) in [5.74, 6) is 0. The van der Waals surface area contributed by atoms with Gasteiger partial charge in [-0.1, -0.05) is 23.7 Å². The summed E-state index contributed by atoms with van der Waals surface area (Å²) in [4.78, 5) is 2.31. The molecule has 0 unspecified atom stereocenters. The summed E-state index contributed by atoms with van der Waals surface area (Å²) >= 11 is 6.48. The van der Waals surface area contributed by atoms with Gasteiger partial charge in [-0.05, 0) is 30.3 Å². The van der Waals surface area contributed by atoms with Crippen molar-refractivity contribution in [2.75, 3.05) is 49.0 Å². The van der Waals surface area contributed by atoms with E-state index in [0.29, 0.717) is 12.2 Å². The van der Waals surface area contributed by atoms with Gasteiger partial charge in [0, 0.05) is 63.8 Å². The smallest absolute Gasteiger partial charge is 0.0750 e. The first-order valence-electron chi connectivity index (χ1n) is 8.53. The van der Waals surface area contributed by atoms with Crippen molar-refractivity contribution in [1.82, 2.24) is 0 Å². The van der Waals surface area contributed by atoms with Crippen LogP contribution in [0.1, 0.15) is 5.56 Å². The lowest BCUT2D eigenvalue weighted by atomic mass is 10.1. The summed E-state index contributed by atoms with van der Waals surface area (Å²) in [6, 6.07) is 13.6. The molecular weight excluding hydrogens is 370 g/mol. The molecule has 1 fully saturated rings. The number of hydrogen-bond acceptors (Lipinski definition) is 5. The second kappa shape index (κ2) is 8.29. The summed E-state index contributed by atoms with van der Waals surface area (Å²) in [6.07, 6.45) is 3.26. The highest BCUT2D eigenvalue weighted by Gasteiger charge is 2.16. The molecule has 0 aliphatic carbocycles. The number of rotatable bonds is 5. The molecule has 2 aromatic carbocycles. The van der Waals surface area contributed by atoms with E-state index in [1.54, 1.807) is 12.5 Å². The zero-order valence-corrected chi connectivity index (χ0v) is 16.6. The fourth-order valence-corrected chi connectivity index (χ4v) is 3.80. The Hall–Kier alpha value is -1.76. The molecule has 0 aromatic heterocycles. The van der Waals surface area contributed by atoms with Crippen LogP contribution in [0.25, 0.3) is 0 Å². The largest absolute Gasteiger partial charge is 0.381 e. The van der Waals surface area contributed by atoms with Crippen LogP contribution in [0.4, 0.5) is 17.1 Å². The molecule has 1 heterocycles. The number of morpholine rings is 1. The van der Waals surface area contributed by atoms with Gasteiger partial charge < -0.3 is 15.0 Å². The molecule has 1 N–H and O–H groups in total. The van der Waals surface area contributed by atoms with Gasteiger partial charge in [0.15, 0.2) is 0 Å². The summed E-state index contributed by atoms with van der Waals surface area (Å²) in [5.41, 5.74) is 3.83. The van der Waals surface area contributed by atoms with Crippen LogP contribution < -0.4 is 10.2 Å². The van der Waals surface area contributed by atoms with Gasteiger partial charge in [-0.2, -0.15) is 4.36 Å². The van der Waals surface area contributed by atoms with E-state index in [1.807, 2.05) is 36.4 Å². The van der Waals surface area contributed by atoms with Gasteiger partial charge in [-0.3, -0.25) is 0 Å². The Kier molecular flexibility index (Phi) is 6.06. The molecule has 7 heteroatoms. The fraction of sp³-hybridized carbons (Fsp3) is 0.368. The molecule has 0 spiro atoms. The molecule has 1 saturated heterocycles. The second-order valence-corrected chi connectivity index (χ2v) is 9.47. The van der Waals surface area contributed by atoms with Gasteiger partial charge in [0.1, 0.15) is 0 Å². The predicted octanol–water partition coefficient (Wildman–Crippen LogP) is 4.15. The van der Waals surface area contributed by atoms with Gasteiger partial charge in [0.05, 0.1) is 18.9 Å². The maximum Gasteiger partial charge on any atom is 0.0750 e. The highest BCUT2D eigenvalue weighted by atomic mass is 35.5. The van der Waals surface area contributed by atoms with Crippen molar-refractivity contribution in [3.05, 3.63) is 53.1 Å². The number of halogens is 1. The molecular formula is C19H24ClN3O2S. The van der Waals surface area contributed by atoms with Gasteiger partial charge in [-0.15, -0.1) is 0 Å². The number of ether oxygens (including phenoxy) is 1. The van der Waals surface area contributed by atoms with Crippen molar-refractivity contribution in [3.63, 3.8) is 0 Å². The predicted molar refractivity (Wildman–Crippen MR) is 110 cm³/mol. The van der Waals surface area contributed by atoms with Crippen LogP contribution in [0, 0.1) is 0 Å². The van der Waals surface area contributed by atoms with E-state index in [1.165, 1.54) is 0 Å². The summed E-state index contributed by atoms with van der Waals surface area (Å²) in [5, 5.41) is 4.16. The molecule has 0 saturated carbocycles. The quantitative estimate of drug-likeness (QED) is 0.829. The molecule has 2 aromatic rings. The minimum absolute atomic E-state index is 0.601. The minimum Gasteiger partial charge on any atom is -0.381 e. The summed E-state index contributed by atoms with van der Waals surface area (Å²) in [6.45, 7) is 3.79. The number of hydrogen-bond donors (Lipinski definition) is 1. The van der Waals surface area contributed by atoms with Crippen LogP contribution in [0.2, 0.25) is 5.02 Å². The molecule has 140 valence electrons. The highest BCUT2D eigenvalue weighted by Crippen LogP contribution is 2.29. The fourth-order valence-electron chi connectivity index (χ4n) is 2.94. The van der Waals surface area contributed by atoms with Gasteiger partial charge >= 0.3 is 0 Å². The van der Waals surface area contributed by atoms with E-state index in [0.717, 1.165) is 48.3 Å². The Labute approximate surface area is 160 Å². The van der Waals surface area contributed by atoms with Crippen LogP contribution in [-0.4, -0.2) is 43.0 Å². The lowest BCUT2D eigenvalue weighted by Crippen LogP contribution is -2.37. The molecule has 1 aliphatic heterocycles. The lowest BCUT2D eigenvalue weighted by Gasteiger charge is -2.31. The van der Waals surface area contributed by atoms with E-state index in [9.17, 15) is 4.21 Å². The van der Waals surface area contributed by atoms with Crippen LogP contribution >= 0.6 is 11.6 Å². The number of nitrogens with one attached hydrogen (secondary N) is 1. The zero-order chi connectivity index (χ0) is 18.6. The third kappa shape index (κ3) is 5.13. The number of nitrogens with zero attached hydrogens (tertiary/aromatic N) is 2. The van der Waals surface area contributed by atoms with Gasteiger partial charge in [0.25, 0.3) is 0 Å². The topological polar surface area (TPSA) is 53.9 Å². The Morgan fingerprint density at radius 3 is 2.65 bits per heavy atom. The van der Waals surface area contributed by atoms with E-state index >= 15 is 0 Å². The minimum atomic E-state index is -2.18. The van der Waals surface area contributed by atoms with Gasteiger partial charge in [-0.25, -0.2) is 4.21 Å². The summed E-state index contributed by atoms with van der Waals surface area (Å²) in [7, 11) is -2.18. The van der Waals surface area contributed by atoms with Crippen molar-refractivity contribution in [2.24, 2.45) is 4.36 Å². The van der Waals surface area contributed by atoms with E-state index in [-0.39, 0.29) is 0 Å². The first kappa shape index (κ1) is 19.0. The Morgan fingerprint density at radius 1 is 1.19 bits per heavy atom. The Balaban J connectivity index is 1.80. The number of anilines is 2. The standard InChI is InChI=1S/C19H24ClN3O2S/c1-26(2,24)22-16-6-3-5-15(13-16)21-14-17-18(20)7-4-8-19(17)23-9-11-25-12-10-23/h3-8,13,21H,9-12,14H2,1-2H3. The molecule has 0 bridgehead atoms. The van der Waals surface area contributed by atoms with Crippen LogP contribution in [0.15, 0.2) is 46.8 Å². The first-order valence-corrected chi connectivity index (χ1v) is 11.2. The normalized spacial score (nSPS) is 15.0. The van der Waals surface area contributed by atoms with Gasteiger partial charge in [0.2, 0.25) is 0 Å². The van der Waals surface area contributed by atoms with E-state index < -0.39 is 9.73 Å². The Bertz CT molecular complexity index is 880. The second-order valence-electron chi connectivity index (χ2n) is 6.51. The van der Waals surface area contributed by atoms with E-state index in [4.69, 9.17) is 16.3 Å². The van der Waals surface area contributed by atoms with Crippen molar-refractivity contribution >= 4 is 38.4 Å². The molecule has 0 radical (unpaired) electrons. The van der Waals surface area contributed by atoms with Crippen LogP contribution in [0.5, 0.6) is 0 Å². The molecule has 3 rings (SSSR count). The van der Waals surface area contributed by atoms with Crippen LogP contribution in [0.3, 0.4) is 0 Å². The lowest BCUT2D eigenvalue weighted by molar-refractivity contribution is 0.122. The monoisotopic (exact) mass is 393 g/mol. The highest BCUT2D eigenvalue weighted by molar-refractivity contribution is 7.92. The third-order valence-corrected chi connectivity index (χ3v) is 5.09. The maximum absolute atomic E-state index is 11.9. The SMILES string of the molecule is CS(C)(=O)=Nc1cccc(NCc2c(Cl)cccc2N2CCOCC2)c1. The van der Waals surface area contributed by atoms with Crippen molar-refractivity contribution < 1.29 is 8.95 Å². The zero-order valence-electron chi connectivity index (χ0n) is 15.1. The molecule has 1 aliphatic rings. The van der Waals surface area contributed by atoms with Crippen LogP contribution in [-0.2, 0) is 21.0 Å². The Morgan fingerprint density at radius 2 is 1.92 bits per heavy atom. The van der Waals surface area contributed by atoms with Crippen molar-refractivity contribution in [2.45, 2.75) is 6.54 Å². The van der Waals surface area contributed by atoms with Crippen molar-refractivity contribution in [1.29, 1.82) is 0 Å². The summed E-state index contributed by atoms with van der Waals surface area (Å²) < 4.78 is 21.6. The molecule has 5 nitrogen and oxygen atoms in total.